The number of thioether (sulfide) groups is 2. The Morgan fingerprint density at radius 3 is 2.68 bits per heavy atom. The van der Waals surface area contributed by atoms with Crippen LogP contribution in [-0.2, 0) is 10.5 Å². The van der Waals surface area contributed by atoms with E-state index in [1.165, 1.54) is 34.5 Å². The molecule has 0 spiro atoms. The number of fused-ring (bicyclic) bond motifs is 1. The van der Waals surface area contributed by atoms with Crippen LogP contribution in [0.3, 0.4) is 0 Å². The van der Waals surface area contributed by atoms with E-state index in [4.69, 9.17) is 5.41 Å². The van der Waals surface area contributed by atoms with Crippen molar-refractivity contribution in [2.45, 2.75) is 19.6 Å². The summed E-state index contributed by atoms with van der Waals surface area (Å²) in [5.41, 5.74) is 4.53. The minimum Gasteiger partial charge on any atom is -0.318 e. The molecule has 0 fully saturated rings. The molecule has 9 heteroatoms. The Balaban J connectivity index is 1.41. The minimum atomic E-state index is -0.469. The highest BCUT2D eigenvalue weighted by Gasteiger charge is 2.36. The Labute approximate surface area is 204 Å². The van der Waals surface area contributed by atoms with E-state index < -0.39 is 5.91 Å². The molecule has 1 N–H and O–H groups in total. The van der Waals surface area contributed by atoms with Crippen LogP contribution in [0.25, 0.3) is 11.8 Å². The molecule has 2 aliphatic heterocycles. The van der Waals surface area contributed by atoms with Crippen molar-refractivity contribution in [3.63, 3.8) is 0 Å². The van der Waals surface area contributed by atoms with Gasteiger partial charge in [0.2, 0.25) is 5.17 Å². The number of aromatic nitrogens is 1. The molecular weight excluding hydrogens is 469 g/mol. The summed E-state index contributed by atoms with van der Waals surface area (Å²) >= 11 is 2.85. The molecule has 1 amide bonds. The van der Waals surface area contributed by atoms with Crippen LogP contribution in [0.4, 0.5) is 4.39 Å². The monoisotopic (exact) mass is 489 g/mol. The zero-order valence-electron chi connectivity index (χ0n) is 18.4. The summed E-state index contributed by atoms with van der Waals surface area (Å²) in [5, 5.41) is 15.0. The molecule has 6 nitrogen and oxygen atoms in total. The fourth-order valence-electron chi connectivity index (χ4n) is 3.85. The molecule has 0 saturated heterocycles. The number of amidine groups is 2. The summed E-state index contributed by atoms with van der Waals surface area (Å²) in [6.45, 7) is 3.82. The molecule has 3 heterocycles. The number of nitrogens with one attached hydrogen (secondary N) is 1. The molecule has 0 saturated carbocycles. The van der Waals surface area contributed by atoms with E-state index in [0.29, 0.717) is 10.9 Å². The van der Waals surface area contributed by atoms with Crippen LogP contribution < -0.4 is 0 Å². The summed E-state index contributed by atoms with van der Waals surface area (Å²) in [7, 11) is 0. The third-order valence-electron chi connectivity index (χ3n) is 5.48. The summed E-state index contributed by atoms with van der Waals surface area (Å²) in [4.78, 5) is 17.0. The molecule has 2 aliphatic rings. The van der Waals surface area contributed by atoms with Gasteiger partial charge in [-0.15, -0.1) is 5.10 Å². The number of hydrogen-bond acceptors (Lipinski definition) is 5. The van der Waals surface area contributed by atoms with Gasteiger partial charge in [-0.1, -0.05) is 48.2 Å². The second kappa shape index (κ2) is 9.08. The van der Waals surface area contributed by atoms with Crippen LogP contribution in [0.5, 0.6) is 0 Å². The Bertz CT molecular complexity index is 1410. The fraction of sp³-hybridized carbons (Fsp3) is 0.120. The third-order valence-corrected chi connectivity index (χ3v) is 7.59. The normalized spacial score (nSPS) is 16.7. The predicted molar refractivity (Wildman–Crippen MR) is 138 cm³/mol. The quantitative estimate of drug-likeness (QED) is 0.474. The van der Waals surface area contributed by atoms with Crippen molar-refractivity contribution in [1.82, 2.24) is 9.58 Å². The van der Waals surface area contributed by atoms with E-state index >= 15 is 0 Å². The first kappa shape index (κ1) is 22.4. The van der Waals surface area contributed by atoms with Crippen molar-refractivity contribution < 1.29 is 9.18 Å². The van der Waals surface area contributed by atoms with Crippen molar-refractivity contribution in [1.29, 1.82) is 5.41 Å². The van der Waals surface area contributed by atoms with Gasteiger partial charge in [0, 0.05) is 22.8 Å². The first-order valence-electron chi connectivity index (χ1n) is 10.5. The van der Waals surface area contributed by atoms with E-state index in [2.05, 4.69) is 10.1 Å². The van der Waals surface area contributed by atoms with Gasteiger partial charge in [-0.05, 0) is 67.1 Å². The molecule has 1 aromatic heterocycles. The summed E-state index contributed by atoms with van der Waals surface area (Å²) in [5.74, 6) is -0.0531. The molecule has 0 bridgehead atoms. The highest BCUT2D eigenvalue weighted by Crippen LogP contribution is 2.34. The lowest BCUT2D eigenvalue weighted by Gasteiger charge is -2.20. The predicted octanol–water partition coefficient (Wildman–Crippen LogP) is 5.74. The Morgan fingerprint density at radius 2 is 1.91 bits per heavy atom. The van der Waals surface area contributed by atoms with Crippen molar-refractivity contribution in [2.75, 3.05) is 0 Å². The number of benzene rings is 2. The van der Waals surface area contributed by atoms with Crippen molar-refractivity contribution in [2.24, 2.45) is 10.1 Å². The number of carbonyl (C=O) groups excluding carboxylic acids is 1. The van der Waals surface area contributed by atoms with Crippen molar-refractivity contribution in [3.05, 3.63) is 94.6 Å². The minimum absolute atomic E-state index is 0.00614. The van der Waals surface area contributed by atoms with Gasteiger partial charge in [0.25, 0.3) is 5.91 Å². The van der Waals surface area contributed by atoms with Gasteiger partial charge < -0.3 is 4.57 Å². The molecule has 0 atom stereocenters. The second-order valence-corrected chi connectivity index (χ2v) is 9.98. The lowest BCUT2D eigenvalue weighted by Crippen LogP contribution is -2.35. The molecule has 170 valence electrons. The van der Waals surface area contributed by atoms with E-state index in [-0.39, 0.29) is 17.2 Å². The SMILES string of the molecule is Cc1cc(C=C2C(=N)N3N=C(SCc4ccccc4)SC3=NC2=O)c(C)n1-c1cccc(F)c1. The molecule has 0 aliphatic carbocycles. The van der Waals surface area contributed by atoms with E-state index in [1.807, 2.05) is 60.9 Å². The van der Waals surface area contributed by atoms with Crippen LogP contribution in [0.1, 0.15) is 22.5 Å². The zero-order valence-corrected chi connectivity index (χ0v) is 20.1. The van der Waals surface area contributed by atoms with Crippen molar-refractivity contribution >= 4 is 50.9 Å². The van der Waals surface area contributed by atoms with Gasteiger partial charge in [-0.3, -0.25) is 10.2 Å². The van der Waals surface area contributed by atoms with Gasteiger partial charge in [-0.25, -0.2) is 4.39 Å². The Morgan fingerprint density at radius 1 is 1.12 bits per heavy atom. The van der Waals surface area contributed by atoms with Crippen LogP contribution in [0.2, 0.25) is 0 Å². The van der Waals surface area contributed by atoms with E-state index in [0.717, 1.165) is 27.1 Å². The average molecular weight is 490 g/mol. The topological polar surface area (TPSA) is 73.8 Å². The standard InChI is InChI=1S/C25H20FN5OS2/c1-15-11-18(16(2)30(15)20-10-6-9-19(26)13-20)12-21-22(27)31-24(28-23(21)32)34-25(29-31)33-14-17-7-4-3-5-8-17/h3-13,27H,14H2,1-2H3. The second-order valence-electron chi connectivity index (χ2n) is 7.80. The number of aryl methyl sites for hydroxylation is 1. The highest BCUT2D eigenvalue weighted by atomic mass is 32.2. The number of nitrogens with zero attached hydrogens (tertiary/aromatic N) is 4. The fourth-order valence-corrected chi connectivity index (χ4v) is 5.74. The number of hydrogen-bond donors (Lipinski definition) is 1. The number of amides is 1. The molecule has 0 unspecified atom stereocenters. The maximum Gasteiger partial charge on any atom is 0.283 e. The Kier molecular flexibility index (Phi) is 5.97. The summed E-state index contributed by atoms with van der Waals surface area (Å²) in [6.07, 6.45) is 1.67. The van der Waals surface area contributed by atoms with Crippen molar-refractivity contribution in [3.8, 4) is 5.69 Å². The third kappa shape index (κ3) is 4.24. The largest absolute Gasteiger partial charge is 0.318 e. The van der Waals surface area contributed by atoms with Gasteiger partial charge in [-0.2, -0.15) is 10.0 Å². The number of halogens is 1. The number of hydrazone groups is 1. The van der Waals surface area contributed by atoms with Crippen LogP contribution in [0.15, 0.2) is 76.3 Å². The summed E-state index contributed by atoms with van der Waals surface area (Å²) in [6, 6.07) is 18.3. The van der Waals surface area contributed by atoms with Crippen LogP contribution in [-0.4, -0.2) is 30.9 Å². The zero-order chi connectivity index (χ0) is 23.8. The van der Waals surface area contributed by atoms with Gasteiger partial charge in [0.1, 0.15) is 5.82 Å². The molecule has 2 aromatic carbocycles. The number of carbonyl (C=O) groups is 1. The van der Waals surface area contributed by atoms with Gasteiger partial charge in [0.05, 0.1) is 5.57 Å². The highest BCUT2D eigenvalue weighted by molar-refractivity contribution is 8.45. The van der Waals surface area contributed by atoms with E-state index in [9.17, 15) is 9.18 Å². The molecule has 0 radical (unpaired) electrons. The smallest absolute Gasteiger partial charge is 0.283 e. The maximum absolute atomic E-state index is 13.8. The molecule has 34 heavy (non-hydrogen) atoms. The van der Waals surface area contributed by atoms with Gasteiger partial charge >= 0.3 is 0 Å². The molecule has 3 aromatic rings. The van der Waals surface area contributed by atoms with Crippen LogP contribution in [0, 0.1) is 25.1 Å². The van der Waals surface area contributed by atoms with E-state index in [1.54, 1.807) is 23.9 Å². The molecular formula is C25H20FN5OS2. The lowest BCUT2D eigenvalue weighted by atomic mass is 10.1. The first-order valence-corrected chi connectivity index (χ1v) is 12.3. The molecule has 5 rings (SSSR count). The van der Waals surface area contributed by atoms with Gasteiger partial charge in [0.15, 0.2) is 10.2 Å². The maximum atomic E-state index is 13.8. The lowest BCUT2D eigenvalue weighted by molar-refractivity contribution is -0.114. The van der Waals surface area contributed by atoms with Crippen LogP contribution >= 0.6 is 23.5 Å². The number of rotatable bonds is 4. The average Bonchev–Trinajstić information content (AvgIpc) is 3.35. The summed E-state index contributed by atoms with van der Waals surface area (Å²) < 4.78 is 16.4. The first-order chi connectivity index (χ1) is 16.4. The Hall–Kier alpha value is -3.43. The number of aliphatic imine (C=N–C) groups is 1.